The fourth-order valence-corrected chi connectivity index (χ4v) is 5.36. The maximum Gasteiger partial charge on any atom is 0.338 e. The average molecular weight is 557 g/mol. The minimum absolute atomic E-state index is 0.101. The number of hydrogen-bond acceptors (Lipinski definition) is 7. The standard InChI is InChI=1S/C26H25BrN2O5S/c1-5-33-25(32)22-15(4)28-26-29(23(22)17-8-6-7-9-20(17)34-14(2)3)24(31)21(35-26)13-16-10-11-19(30)18(27)12-16/h6-14,23,30H,5H2,1-4H3. The van der Waals surface area contributed by atoms with Gasteiger partial charge in [0, 0.05) is 5.56 Å². The number of phenols is 1. The summed E-state index contributed by atoms with van der Waals surface area (Å²) in [5, 5.41) is 9.80. The number of carbonyl (C=O) groups excluding carboxylic acids is 1. The molecule has 0 saturated heterocycles. The van der Waals surface area contributed by atoms with Gasteiger partial charge in [-0.05, 0) is 73.5 Å². The second-order valence-corrected chi connectivity index (χ2v) is 10.1. The van der Waals surface area contributed by atoms with Gasteiger partial charge >= 0.3 is 5.97 Å². The predicted octanol–water partition coefficient (Wildman–Crippen LogP) is 4.05. The van der Waals surface area contributed by atoms with Crippen LogP contribution in [-0.4, -0.2) is 28.4 Å². The summed E-state index contributed by atoms with van der Waals surface area (Å²) in [5.74, 6) is 0.177. The molecular weight excluding hydrogens is 532 g/mol. The zero-order valence-electron chi connectivity index (χ0n) is 19.7. The van der Waals surface area contributed by atoms with Crippen molar-refractivity contribution in [1.29, 1.82) is 0 Å². The molecule has 3 aromatic rings. The second-order valence-electron chi connectivity index (χ2n) is 8.22. The number of esters is 1. The number of hydrogen-bond donors (Lipinski definition) is 1. The molecule has 35 heavy (non-hydrogen) atoms. The van der Waals surface area contributed by atoms with Crippen LogP contribution in [0.15, 0.2) is 68.0 Å². The molecule has 1 aromatic heterocycles. The number of nitrogens with zero attached hydrogens (tertiary/aromatic N) is 2. The molecule has 0 saturated carbocycles. The quantitative estimate of drug-likeness (QED) is 0.462. The Morgan fingerprint density at radius 2 is 2.03 bits per heavy atom. The normalized spacial score (nSPS) is 15.7. The summed E-state index contributed by atoms with van der Waals surface area (Å²) < 4.78 is 13.9. The number of para-hydroxylation sites is 1. The van der Waals surface area contributed by atoms with Gasteiger partial charge in [0.05, 0.1) is 33.0 Å². The van der Waals surface area contributed by atoms with Crippen molar-refractivity contribution in [1.82, 2.24) is 4.57 Å². The van der Waals surface area contributed by atoms with Gasteiger partial charge in [0.15, 0.2) is 4.80 Å². The van der Waals surface area contributed by atoms with Crippen molar-refractivity contribution in [3.8, 4) is 11.5 Å². The highest BCUT2D eigenvalue weighted by Crippen LogP contribution is 2.36. The van der Waals surface area contributed by atoms with Gasteiger partial charge in [-0.25, -0.2) is 9.79 Å². The molecule has 1 aliphatic rings. The molecule has 0 radical (unpaired) electrons. The van der Waals surface area contributed by atoms with Crippen molar-refractivity contribution in [3.05, 3.63) is 89.0 Å². The van der Waals surface area contributed by atoms with Gasteiger partial charge < -0.3 is 14.6 Å². The number of carbonyl (C=O) groups is 1. The van der Waals surface area contributed by atoms with E-state index in [0.29, 0.717) is 36.4 Å². The first-order valence-corrected chi connectivity index (χ1v) is 12.8. The summed E-state index contributed by atoms with van der Waals surface area (Å²) in [6, 6.07) is 11.6. The van der Waals surface area contributed by atoms with E-state index in [1.807, 2.05) is 38.1 Å². The van der Waals surface area contributed by atoms with E-state index in [4.69, 9.17) is 9.47 Å². The molecule has 0 aliphatic carbocycles. The minimum atomic E-state index is -0.756. The molecule has 1 aliphatic heterocycles. The molecule has 0 amide bonds. The highest BCUT2D eigenvalue weighted by atomic mass is 79.9. The van der Waals surface area contributed by atoms with E-state index in [1.54, 1.807) is 38.1 Å². The van der Waals surface area contributed by atoms with E-state index in [-0.39, 0.29) is 24.0 Å². The lowest BCUT2D eigenvalue weighted by atomic mass is 9.95. The van der Waals surface area contributed by atoms with Crippen LogP contribution in [0.3, 0.4) is 0 Å². The topological polar surface area (TPSA) is 90.1 Å². The molecule has 2 heterocycles. The molecule has 0 bridgehead atoms. The molecule has 2 aromatic carbocycles. The minimum Gasteiger partial charge on any atom is -0.507 e. The maximum atomic E-state index is 13.7. The van der Waals surface area contributed by atoms with Crippen molar-refractivity contribution >= 4 is 39.3 Å². The van der Waals surface area contributed by atoms with Crippen LogP contribution in [0.5, 0.6) is 11.5 Å². The zero-order chi connectivity index (χ0) is 25.3. The monoisotopic (exact) mass is 556 g/mol. The third-order valence-corrected chi connectivity index (χ3v) is 6.98. The maximum absolute atomic E-state index is 13.7. The fourth-order valence-electron chi connectivity index (χ4n) is 3.92. The summed E-state index contributed by atoms with van der Waals surface area (Å²) >= 11 is 4.55. The Morgan fingerprint density at radius 3 is 2.71 bits per heavy atom. The zero-order valence-corrected chi connectivity index (χ0v) is 22.1. The Hall–Kier alpha value is -3.17. The van der Waals surface area contributed by atoms with E-state index in [2.05, 4.69) is 20.9 Å². The van der Waals surface area contributed by atoms with Crippen LogP contribution < -0.4 is 19.6 Å². The third kappa shape index (κ3) is 4.97. The predicted molar refractivity (Wildman–Crippen MR) is 138 cm³/mol. The lowest BCUT2D eigenvalue weighted by molar-refractivity contribution is -0.139. The number of halogens is 1. The van der Waals surface area contributed by atoms with Gasteiger partial charge in [-0.2, -0.15) is 0 Å². The number of phenolic OH excluding ortho intramolecular Hbond substituents is 1. The number of allylic oxidation sites excluding steroid dienone is 1. The summed E-state index contributed by atoms with van der Waals surface area (Å²) in [6.45, 7) is 7.53. The lowest BCUT2D eigenvalue weighted by Crippen LogP contribution is -2.40. The van der Waals surface area contributed by atoms with E-state index in [9.17, 15) is 14.7 Å². The third-order valence-electron chi connectivity index (χ3n) is 5.36. The van der Waals surface area contributed by atoms with E-state index >= 15 is 0 Å². The van der Waals surface area contributed by atoms with Crippen molar-refractivity contribution in [2.45, 2.75) is 39.8 Å². The number of fused-ring (bicyclic) bond motifs is 1. The van der Waals surface area contributed by atoms with Crippen molar-refractivity contribution < 1.29 is 19.4 Å². The summed E-state index contributed by atoms with van der Waals surface area (Å²) in [7, 11) is 0. The lowest BCUT2D eigenvalue weighted by Gasteiger charge is -2.26. The Labute approximate surface area is 214 Å². The van der Waals surface area contributed by atoms with Crippen LogP contribution in [0, 0.1) is 0 Å². The number of thiazole rings is 1. The molecule has 1 atom stereocenters. The van der Waals surface area contributed by atoms with Crippen LogP contribution in [0.25, 0.3) is 6.08 Å². The first-order valence-electron chi connectivity index (χ1n) is 11.1. The molecule has 9 heteroatoms. The summed E-state index contributed by atoms with van der Waals surface area (Å²) in [6.07, 6.45) is 1.64. The number of ether oxygens (including phenoxy) is 2. The van der Waals surface area contributed by atoms with Crippen LogP contribution in [0.4, 0.5) is 0 Å². The number of aromatic nitrogens is 1. The highest BCUT2D eigenvalue weighted by molar-refractivity contribution is 9.10. The molecule has 1 unspecified atom stereocenters. The van der Waals surface area contributed by atoms with Crippen molar-refractivity contribution in [2.75, 3.05) is 6.61 Å². The summed E-state index contributed by atoms with van der Waals surface area (Å²) in [4.78, 5) is 31.9. The molecule has 0 spiro atoms. The summed E-state index contributed by atoms with van der Waals surface area (Å²) in [5.41, 5.74) is 1.93. The SMILES string of the molecule is CCOC(=O)C1=C(C)N=c2sc(=Cc3ccc(O)c(Br)c3)c(=O)n2C1c1ccccc1OC(C)C. The Morgan fingerprint density at radius 1 is 1.29 bits per heavy atom. The van der Waals surface area contributed by atoms with E-state index < -0.39 is 12.0 Å². The first-order chi connectivity index (χ1) is 16.7. The molecule has 0 fully saturated rings. The Balaban J connectivity index is 1.98. The number of rotatable bonds is 6. The van der Waals surface area contributed by atoms with Gasteiger partial charge in [0.1, 0.15) is 17.5 Å². The average Bonchev–Trinajstić information content (AvgIpc) is 3.10. The molecule has 7 nitrogen and oxygen atoms in total. The largest absolute Gasteiger partial charge is 0.507 e. The van der Waals surface area contributed by atoms with Gasteiger partial charge in [-0.1, -0.05) is 35.6 Å². The molecule has 182 valence electrons. The van der Waals surface area contributed by atoms with Gasteiger partial charge in [0.2, 0.25) is 0 Å². The van der Waals surface area contributed by atoms with Crippen LogP contribution >= 0.6 is 27.3 Å². The van der Waals surface area contributed by atoms with Gasteiger partial charge in [-0.3, -0.25) is 9.36 Å². The molecular formula is C26H25BrN2O5S. The van der Waals surface area contributed by atoms with E-state index in [1.165, 1.54) is 15.9 Å². The Bertz CT molecular complexity index is 1500. The van der Waals surface area contributed by atoms with Gasteiger partial charge in [-0.15, -0.1) is 0 Å². The van der Waals surface area contributed by atoms with Crippen molar-refractivity contribution in [2.24, 2.45) is 4.99 Å². The second kappa shape index (κ2) is 10.2. The fraction of sp³-hybridized carbons (Fsp3) is 0.269. The number of benzene rings is 2. The first kappa shape index (κ1) is 24.9. The van der Waals surface area contributed by atoms with Crippen LogP contribution in [0.2, 0.25) is 0 Å². The smallest absolute Gasteiger partial charge is 0.338 e. The van der Waals surface area contributed by atoms with E-state index in [0.717, 1.165) is 5.56 Å². The van der Waals surface area contributed by atoms with Crippen LogP contribution in [-0.2, 0) is 9.53 Å². The number of aromatic hydroxyl groups is 1. The molecule has 1 N–H and O–H groups in total. The highest BCUT2D eigenvalue weighted by Gasteiger charge is 2.35. The van der Waals surface area contributed by atoms with Crippen LogP contribution in [0.1, 0.15) is 44.9 Å². The molecule has 4 rings (SSSR count). The Kier molecular flexibility index (Phi) is 7.28. The van der Waals surface area contributed by atoms with Gasteiger partial charge in [0.25, 0.3) is 5.56 Å². The van der Waals surface area contributed by atoms with Crippen molar-refractivity contribution in [3.63, 3.8) is 0 Å².